The van der Waals surface area contributed by atoms with Crippen LogP contribution in [-0.4, -0.2) is 18.9 Å². The molecule has 68 valence electrons. The summed E-state index contributed by atoms with van der Waals surface area (Å²) < 4.78 is 24.3. The molecule has 0 aromatic carbocycles. The van der Waals surface area contributed by atoms with E-state index in [1.807, 2.05) is 0 Å². The molecule has 0 saturated heterocycles. The van der Waals surface area contributed by atoms with Crippen LogP contribution >= 0.6 is 0 Å². The van der Waals surface area contributed by atoms with E-state index in [2.05, 4.69) is 0 Å². The van der Waals surface area contributed by atoms with Crippen LogP contribution in [0.3, 0.4) is 0 Å². The Labute approximate surface area is 67.0 Å². The Morgan fingerprint density at radius 2 is 2.00 bits per heavy atom. The molecule has 2 N–H and O–H groups in total. The number of unbranched alkanes of at least 4 members (excludes halogenated alkanes) is 1. The van der Waals surface area contributed by atoms with E-state index < -0.39 is 6.17 Å². The van der Waals surface area contributed by atoms with Crippen molar-refractivity contribution < 1.29 is 8.78 Å². The average molecular weight is 165 g/mol. The molecule has 0 spiro atoms. The molecule has 0 saturated carbocycles. The van der Waals surface area contributed by atoms with E-state index in [0.29, 0.717) is 25.7 Å². The van der Waals surface area contributed by atoms with Gasteiger partial charge in [-0.15, -0.1) is 0 Å². The van der Waals surface area contributed by atoms with Gasteiger partial charge in [0.25, 0.3) is 0 Å². The molecule has 0 aromatic rings. The molecule has 2 atom stereocenters. The monoisotopic (exact) mass is 165 g/mol. The molecule has 0 rings (SSSR count). The number of hydrogen-bond acceptors (Lipinski definition) is 1. The van der Waals surface area contributed by atoms with E-state index in [0.717, 1.165) is 0 Å². The van der Waals surface area contributed by atoms with E-state index in [1.54, 1.807) is 6.92 Å². The summed E-state index contributed by atoms with van der Waals surface area (Å²) in [5.41, 5.74) is 5.38. The summed E-state index contributed by atoms with van der Waals surface area (Å²) in [4.78, 5) is 0. The minimum Gasteiger partial charge on any atom is -0.328 e. The number of hydrogen-bond donors (Lipinski definition) is 1. The molecule has 0 fully saturated rings. The second-order valence-corrected chi connectivity index (χ2v) is 3.00. The van der Waals surface area contributed by atoms with Crippen LogP contribution in [0.5, 0.6) is 0 Å². The van der Waals surface area contributed by atoms with Gasteiger partial charge >= 0.3 is 0 Å². The van der Waals surface area contributed by atoms with Crippen LogP contribution in [0, 0.1) is 0 Å². The molecule has 0 radical (unpaired) electrons. The normalized spacial score (nSPS) is 16.4. The highest BCUT2D eigenvalue weighted by Crippen LogP contribution is 2.09. The Bertz CT molecular complexity index is 86.2. The van der Waals surface area contributed by atoms with Crippen molar-refractivity contribution in [1.82, 2.24) is 0 Å². The van der Waals surface area contributed by atoms with Gasteiger partial charge in [0, 0.05) is 6.04 Å². The predicted octanol–water partition coefficient (Wildman–Crippen LogP) is 2.20. The Morgan fingerprint density at radius 3 is 2.45 bits per heavy atom. The Morgan fingerprint density at radius 1 is 1.36 bits per heavy atom. The summed E-state index contributed by atoms with van der Waals surface area (Å²) in [6.07, 6.45) is 1.10. The zero-order valence-electron chi connectivity index (χ0n) is 7.02. The lowest BCUT2D eigenvalue weighted by atomic mass is 10.1. The van der Waals surface area contributed by atoms with E-state index in [4.69, 9.17) is 5.73 Å². The van der Waals surface area contributed by atoms with Gasteiger partial charge in [-0.25, -0.2) is 4.39 Å². The summed E-state index contributed by atoms with van der Waals surface area (Å²) in [5, 5.41) is 0. The second-order valence-electron chi connectivity index (χ2n) is 3.00. The fourth-order valence-corrected chi connectivity index (χ4v) is 0.982. The summed E-state index contributed by atoms with van der Waals surface area (Å²) in [5.74, 6) is 0. The van der Waals surface area contributed by atoms with Crippen LogP contribution in [0.1, 0.15) is 32.6 Å². The quantitative estimate of drug-likeness (QED) is 0.600. The SMILES string of the molecule is CC(N)CC(F)CCCCF. The largest absolute Gasteiger partial charge is 0.328 e. The zero-order valence-corrected chi connectivity index (χ0v) is 7.02. The second kappa shape index (κ2) is 6.53. The summed E-state index contributed by atoms with van der Waals surface area (Å²) >= 11 is 0. The highest BCUT2D eigenvalue weighted by atomic mass is 19.1. The number of rotatable bonds is 6. The van der Waals surface area contributed by atoms with Gasteiger partial charge in [0.2, 0.25) is 0 Å². The molecule has 3 heteroatoms. The van der Waals surface area contributed by atoms with Gasteiger partial charge in [0.15, 0.2) is 0 Å². The van der Waals surface area contributed by atoms with Crippen LogP contribution in [0.2, 0.25) is 0 Å². The lowest BCUT2D eigenvalue weighted by Gasteiger charge is -2.09. The van der Waals surface area contributed by atoms with Crippen molar-refractivity contribution in [1.29, 1.82) is 0 Å². The first kappa shape index (κ1) is 10.8. The van der Waals surface area contributed by atoms with Gasteiger partial charge in [0.1, 0.15) is 6.17 Å². The van der Waals surface area contributed by atoms with Crippen molar-refractivity contribution in [3.05, 3.63) is 0 Å². The van der Waals surface area contributed by atoms with Crippen molar-refractivity contribution in [3.63, 3.8) is 0 Å². The van der Waals surface area contributed by atoms with E-state index in [-0.39, 0.29) is 12.7 Å². The summed E-state index contributed by atoms with van der Waals surface area (Å²) in [7, 11) is 0. The van der Waals surface area contributed by atoms with Crippen molar-refractivity contribution in [2.45, 2.75) is 44.8 Å². The van der Waals surface area contributed by atoms with Gasteiger partial charge < -0.3 is 5.73 Å². The van der Waals surface area contributed by atoms with Crippen LogP contribution in [0.15, 0.2) is 0 Å². The van der Waals surface area contributed by atoms with Gasteiger partial charge in [-0.05, 0) is 32.6 Å². The predicted molar refractivity (Wildman–Crippen MR) is 43.0 cm³/mol. The van der Waals surface area contributed by atoms with Crippen molar-refractivity contribution in [3.8, 4) is 0 Å². The smallest absolute Gasteiger partial charge is 0.102 e. The maximum absolute atomic E-state index is 12.8. The molecule has 0 bridgehead atoms. The third-order valence-corrected chi connectivity index (χ3v) is 1.53. The van der Waals surface area contributed by atoms with Gasteiger partial charge in [0.05, 0.1) is 6.67 Å². The lowest BCUT2D eigenvalue weighted by Crippen LogP contribution is -2.20. The van der Waals surface area contributed by atoms with E-state index in [1.165, 1.54) is 0 Å². The lowest BCUT2D eigenvalue weighted by molar-refractivity contribution is 0.271. The molecule has 2 unspecified atom stereocenters. The van der Waals surface area contributed by atoms with Crippen molar-refractivity contribution in [2.24, 2.45) is 5.73 Å². The highest BCUT2D eigenvalue weighted by molar-refractivity contribution is 4.62. The molecule has 11 heavy (non-hydrogen) atoms. The Balaban J connectivity index is 3.15. The van der Waals surface area contributed by atoms with Gasteiger partial charge in [-0.3, -0.25) is 4.39 Å². The van der Waals surface area contributed by atoms with Crippen LogP contribution in [0.4, 0.5) is 8.78 Å². The first-order valence-corrected chi connectivity index (χ1v) is 4.12. The standard InChI is InChI=1S/C8H17F2N/c1-7(11)6-8(10)4-2-3-5-9/h7-8H,2-6,11H2,1H3. The maximum atomic E-state index is 12.8. The third kappa shape index (κ3) is 7.72. The molecule has 0 aliphatic rings. The van der Waals surface area contributed by atoms with E-state index >= 15 is 0 Å². The number of halogens is 2. The number of nitrogens with two attached hydrogens (primary N) is 1. The molecule has 0 heterocycles. The molecular formula is C8H17F2N. The summed E-state index contributed by atoms with van der Waals surface area (Å²) in [6, 6.07) is -0.0876. The minimum absolute atomic E-state index is 0.0876. The topological polar surface area (TPSA) is 26.0 Å². The third-order valence-electron chi connectivity index (χ3n) is 1.53. The van der Waals surface area contributed by atoms with Gasteiger partial charge in [-0.1, -0.05) is 0 Å². The highest BCUT2D eigenvalue weighted by Gasteiger charge is 2.07. The summed E-state index contributed by atoms with van der Waals surface area (Å²) in [6.45, 7) is 1.44. The van der Waals surface area contributed by atoms with Crippen molar-refractivity contribution >= 4 is 0 Å². The van der Waals surface area contributed by atoms with Crippen LogP contribution < -0.4 is 5.73 Å². The number of alkyl halides is 2. The average Bonchev–Trinajstić information content (AvgIpc) is 1.86. The van der Waals surface area contributed by atoms with Crippen molar-refractivity contribution in [2.75, 3.05) is 6.67 Å². The van der Waals surface area contributed by atoms with Crippen LogP contribution in [0.25, 0.3) is 0 Å². The Hall–Kier alpha value is -0.180. The Kier molecular flexibility index (Phi) is 6.42. The molecular weight excluding hydrogens is 148 g/mol. The van der Waals surface area contributed by atoms with Crippen LogP contribution in [-0.2, 0) is 0 Å². The molecule has 0 aliphatic heterocycles. The minimum atomic E-state index is -0.846. The molecule has 0 aliphatic carbocycles. The molecule has 0 aromatic heterocycles. The fraction of sp³-hybridized carbons (Fsp3) is 1.00. The molecule has 1 nitrogen and oxygen atoms in total. The maximum Gasteiger partial charge on any atom is 0.102 e. The first-order chi connectivity index (χ1) is 5.16. The van der Waals surface area contributed by atoms with E-state index in [9.17, 15) is 8.78 Å². The first-order valence-electron chi connectivity index (χ1n) is 4.12. The zero-order chi connectivity index (χ0) is 8.69. The van der Waals surface area contributed by atoms with Gasteiger partial charge in [-0.2, -0.15) is 0 Å². The fourth-order valence-electron chi connectivity index (χ4n) is 0.982. The molecule has 0 amide bonds.